The maximum Gasteiger partial charge on any atom is 0.312 e. The Hall–Kier alpha value is -9.29. The fraction of sp³-hybridized carbons (Fsp3) is 0.613. The van der Waals surface area contributed by atoms with E-state index in [0.29, 0.717) is 83.7 Å². The zero-order valence-corrected chi connectivity index (χ0v) is 64.7. The van der Waals surface area contributed by atoms with E-state index in [1.165, 1.54) is 24.3 Å². The summed E-state index contributed by atoms with van der Waals surface area (Å²) in [5, 5.41) is 21.6. The van der Waals surface area contributed by atoms with Gasteiger partial charge in [0.15, 0.2) is 0 Å². The number of benzene rings is 2. The first-order valence-corrected chi connectivity index (χ1v) is 36.7. The monoisotopic (exact) mass is 1540 g/mol. The van der Waals surface area contributed by atoms with Gasteiger partial charge < -0.3 is 96.6 Å². The van der Waals surface area contributed by atoms with Crippen LogP contribution in [0.1, 0.15) is 119 Å². The number of anilines is 2. The summed E-state index contributed by atoms with van der Waals surface area (Å²) in [5.74, 6) is -5.09. The van der Waals surface area contributed by atoms with Crippen LogP contribution in [0.15, 0.2) is 72.8 Å². The Bertz CT molecular complexity index is 3230. The van der Waals surface area contributed by atoms with Gasteiger partial charge in [-0.05, 0) is 106 Å². The van der Waals surface area contributed by atoms with Gasteiger partial charge in [0, 0.05) is 61.6 Å². The second-order valence-corrected chi connectivity index (χ2v) is 28.2. The first kappa shape index (κ1) is 93.9. The van der Waals surface area contributed by atoms with E-state index in [9.17, 15) is 62.3 Å². The second-order valence-electron chi connectivity index (χ2n) is 28.2. The molecule has 0 aromatic heterocycles. The Morgan fingerprint density at radius 3 is 1.03 bits per heavy atom. The van der Waals surface area contributed by atoms with E-state index >= 15 is 0 Å². The standard InChI is InChI=1S/C38H58N6O12.C37H58N6O10/c1-26(2)33(43-30(45)14-17-52-19-21-54-23-24-55-22-20-53-18-16-44-31(46)12-13-32(44)47)35(49)42-29(7-6-15-40-37(39)51)34(48)41-28-10-8-27(9-11-28)25-56-36(50)38(3,4)5;1-26(2)33(42-30(44)14-17-50-19-21-52-23-24-53-22-20-51-18-16-43-31(45)12-13-32(43)46)35(48)41-29(7-6-15-39-36(38)49)34(47)40-28-10-8-27(9-11-28)25-37(3,4)5/h8-13,26,29,33H,6-7,14-25H2,1-5H3,(H,41,48)(H,42,49)(H,43,45)(H3,39,40,51);8-13,26,29,33H,6-7,14-25H2,1-5H3,(H,40,47)(H,41,48)(H,42,44)(H3,38,39,49)/t2*29-,33?/m00/s1. The Kier molecular flexibility index (Phi) is 44.7. The number of hydrogen-bond donors (Lipinski definition) is 10. The van der Waals surface area contributed by atoms with Crippen LogP contribution in [0.3, 0.4) is 0 Å². The number of imide groups is 2. The van der Waals surface area contributed by atoms with Crippen molar-refractivity contribution in [1.82, 2.24) is 41.7 Å². The number of nitrogens with zero attached hydrogens (tertiary/aromatic N) is 2. The molecule has 0 saturated heterocycles. The molecule has 34 nitrogen and oxygen atoms in total. The third-order valence-corrected chi connectivity index (χ3v) is 15.8. The largest absolute Gasteiger partial charge is 0.460 e. The fourth-order valence-corrected chi connectivity index (χ4v) is 9.95. The van der Waals surface area contributed by atoms with Crippen molar-refractivity contribution in [2.24, 2.45) is 34.1 Å². The minimum absolute atomic E-state index is 0.00962. The minimum Gasteiger partial charge on any atom is -0.460 e. The molecule has 109 heavy (non-hydrogen) atoms. The van der Waals surface area contributed by atoms with Crippen LogP contribution in [0.2, 0.25) is 0 Å². The van der Waals surface area contributed by atoms with Gasteiger partial charge in [0.1, 0.15) is 30.8 Å². The van der Waals surface area contributed by atoms with Crippen LogP contribution in [0.4, 0.5) is 21.0 Å². The summed E-state index contributed by atoms with van der Waals surface area (Å²) >= 11 is 0. The molecule has 34 heteroatoms. The first-order valence-electron chi connectivity index (χ1n) is 36.7. The van der Waals surface area contributed by atoms with Crippen LogP contribution in [-0.4, -0.2) is 243 Å². The normalized spacial score (nSPS) is 13.8. The number of primary amides is 2. The fourth-order valence-electron chi connectivity index (χ4n) is 9.95. The molecule has 2 aromatic carbocycles. The number of hydrogen-bond acceptors (Lipinski definition) is 22. The number of urea groups is 2. The third-order valence-electron chi connectivity index (χ3n) is 15.8. The second kappa shape index (κ2) is 51.9. The number of rotatable bonds is 53. The molecule has 2 heterocycles. The topological polar surface area (TPSA) is 460 Å². The molecule has 2 unspecified atom stereocenters. The van der Waals surface area contributed by atoms with Crippen molar-refractivity contribution in [3.8, 4) is 0 Å². The average Bonchev–Trinajstić information content (AvgIpc) is 1.87. The van der Waals surface area contributed by atoms with Gasteiger partial charge in [0.25, 0.3) is 23.6 Å². The number of ether oxygens (including phenoxy) is 9. The molecule has 14 amide bonds. The molecule has 0 spiro atoms. The Morgan fingerprint density at radius 1 is 0.413 bits per heavy atom. The van der Waals surface area contributed by atoms with Crippen LogP contribution in [-0.2, 0) is 108 Å². The molecule has 4 atom stereocenters. The summed E-state index contributed by atoms with van der Waals surface area (Å²) in [6, 6.07) is 9.09. The summed E-state index contributed by atoms with van der Waals surface area (Å²) in [6.45, 7) is 24.0. The SMILES string of the molecule is CC(C)C(NC(=O)CCOCCOCCOCCOCCN1C(=O)C=CC1=O)C(=O)N[C@@H](CCCNC(N)=O)C(=O)Nc1ccc(CC(C)(C)C)cc1.CC(C)C(NC(=O)CCOCCOCCOCCOCCN1C(=O)C=CC1=O)C(=O)N[C@@H](CCCNC(N)=O)C(=O)Nc1ccc(COC(=O)C(C)(C)C)cc1. The Balaban J connectivity index is 0.000000566. The zero-order chi connectivity index (χ0) is 80.7. The van der Waals surface area contributed by atoms with Crippen molar-refractivity contribution in [2.75, 3.05) is 143 Å². The lowest BCUT2D eigenvalue weighted by atomic mass is 9.88. The molecule has 0 saturated carbocycles. The number of nitrogens with one attached hydrogen (secondary N) is 8. The lowest BCUT2D eigenvalue weighted by Gasteiger charge is -2.25. The average molecular weight is 1540 g/mol. The number of esters is 1. The number of carbonyl (C=O) groups is 13. The molecule has 0 fully saturated rings. The van der Waals surface area contributed by atoms with E-state index in [1.807, 2.05) is 24.3 Å². The van der Waals surface area contributed by atoms with Gasteiger partial charge in [-0.1, -0.05) is 72.7 Å². The Morgan fingerprint density at radius 2 is 0.725 bits per heavy atom. The zero-order valence-electron chi connectivity index (χ0n) is 64.7. The molecule has 2 aromatic rings. The smallest absolute Gasteiger partial charge is 0.312 e. The van der Waals surface area contributed by atoms with Crippen molar-refractivity contribution in [1.29, 1.82) is 0 Å². The highest BCUT2D eigenvalue weighted by atomic mass is 16.6. The van der Waals surface area contributed by atoms with Gasteiger partial charge in [-0.25, -0.2) is 9.59 Å². The van der Waals surface area contributed by atoms with Crippen molar-refractivity contribution in [2.45, 2.75) is 145 Å². The van der Waals surface area contributed by atoms with Gasteiger partial charge in [-0.3, -0.25) is 62.5 Å². The third kappa shape index (κ3) is 41.7. The highest BCUT2D eigenvalue weighted by Gasteiger charge is 2.32. The molecular formula is C75H116N12O22. The summed E-state index contributed by atoms with van der Waals surface area (Å²) in [5.41, 5.74) is 12.7. The molecule has 0 radical (unpaired) electrons. The molecule has 4 rings (SSSR count). The lowest BCUT2D eigenvalue weighted by Crippen LogP contribution is -2.54. The predicted molar refractivity (Wildman–Crippen MR) is 401 cm³/mol. The van der Waals surface area contributed by atoms with Gasteiger partial charge in [0.05, 0.1) is 124 Å². The van der Waals surface area contributed by atoms with Crippen LogP contribution >= 0.6 is 0 Å². The molecule has 608 valence electrons. The molecule has 12 N–H and O–H groups in total. The van der Waals surface area contributed by atoms with Gasteiger partial charge >= 0.3 is 18.0 Å². The maximum absolute atomic E-state index is 13.4. The molecule has 0 bridgehead atoms. The van der Waals surface area contributed by atoms with Crippen molar-refractivity contribution in [3.05, 3.63) is 84.0 Å². The van der Waals surface area contributed by atoms with E-state index in [2.05, 4.69) is 63.3 Å². The minimum atomic E-state index is -1.01. The number of amides is 14. The summed E-state index contributed by atoms with van der Waals surface area (Å²) in [7, 11) is 0. The van der Waals surface area contributed by atoms with E-state index < -0.39 is 71.2 Å². The molecule has 2 aliphatic heterocycles. The number of carbonyl (C=O) groups excluding carboxylic acids is 13. The van der Waals surface area contributed by atoms with E-state index in [0.717, 1.165) is 27.3 Å². The molecular weight excluding hydrogens is 1420 g/mol. The quantitative estimate of drug-likeness (QED) is 0.0258. The molecule has 2 aliphatic rings. The van der Waals surface area contributed by atoms with Crippen molar-refractivity contribution >= 4 is 88.5 Å². The Labute approximate surface area is 638 Å². The van der Waals surface area contributed by atoms with E-state index in [1.54, 1.807) is 72.7 Å². The predicted octanol–water partition coefficient (Wildman–Crippen LogP) is 2.84. The van der Waals surface area contributed by atoms with Gasteiger partial charge in [0.2, 0.25) is 35.4 Å². The van der Waals surface area contributed by atoms with Crippen LogP contribution in [0.5, 0.6) is 0 Å². The van der Waals surface area contributed by atoms with Crippen LogP contribution in [0.25, 0.3) is 0 Å². The van der Waals surface area contributed by atoms with E-state index in [4.69, 9.17) is 54.1 Å². The highest BCUT2D eigenvalue weighted by molar-refractivity contribution is 6.13. The van der Waals surface area contributed by atoms with E-state index in [-0.39, 0.29) is 157 Å². The first-order chi connectivity index (χ1) is 51.7. The van der Waals surface area contributed by atoms with Crippen molar-refractivity contribution < 1.29 is 105 Å². The summed E-state index contributed by atoms with van der Waals surface area (Å²) in [4.78, 5) is 161. The van der Waals surface area contributed by atoms with Gasteiger partial charge in [-0.2, -0.15) is 0 Å². The summed E-state index contributed by atoms with van der Waals surface area (Å²) < 4.78 is 48.8. The number of nitrogens with two attached hydrogens (primary N) is 2. The van der Waals surface area contributed by atoms with Crippen LogP contribution < -0.4 is 54.0 Å². The van der Waals surface area contributed by atoms with Gasteiger partial charge in [-0.15, -0.1) is 0 Å². The maximum atomic E-state index is 13.4. The lowest BCUT2D eigenvalue weighted by molar-refractivity contribution is -0.154. The van der Waals surface area contributed by atoms with Crippen LogP contribution in [0, 0.1) is 22.7 Å². The summed E-state index contributed by atoms with van der Waals surface area (Å²) in [6.07, 6.45) is 6.89. The highest BCUT2D eigenvalue weighted by Crippen LogP contribution is 2.23. The van der Waals surface area contributed by atoms with Crippen molar-refractivity contribution in [3.63, 3.8) is 0 Å². The molecule has 0 aliphatic carbocycles.